The number of hydrogen-bond donors (Lipinski definition) is 1. The number of nitrogens with one attached hydrogen (secondary N) is 1. The summed E-state index contributed by atoms with van der Waals surface area (Å²) < 4.78 is 11.1. The second-order valence-corrected chi connectivity index (χ2v) is 4.73. The van der Waals surface area contributed by atoms with E-state index in [9.17, 15) is 4.79 Å². The van der Waals surface area contributed by atoms with Crippen LogP contribution in [0.1, 0.15) is 12.8 Å². The van der Waals surface area contributed by atoms with Crippen molar-refractivity contribution in [1.82, 2.24) is 10.2 Å². The molecule has 0 bridgehead atoms. The number of carbonyl (C=O) groups excluding carboxylic acids is 1. The summed E-state index contributed by atoms with van der Waals surface area (Å²) >= 11 is 0. The van der Waals surface area contributed by atoms with Gasteiger partial charge in [0.05, 0.1) is 26.3 Å². The number of amides is 1. The molecule has 0 spiro atoms. The van der Waals surface area contributed by atoms with E-state index in [1.54, 1.807) is 0 Å². The first-order valence-electron chi connectivity index (χ1n) is 6.45. The molecule has 2 saturated heterocycles. The van der Waals surface area contributed by atoms with Gasteiger partial charge in [-0.25, -0.2) is 0 Å². The number of ether oxygens (including phenoxy) is 2. The maximum atomic E-state index is 11.6. The number of rotatable bonds is 4. The van der Waals surface area contributed by atoms with Gasteiger partial charge in [-0.1, -0.05) is 5.92 Å². The van der Waals surface area contributed by atoms with Crippen molar-refractivity contribution in [2.75, 3.05) is 39.4 Å². The molecule has 18 heavy (non-hydrogen) atoms. The lowest BCUT2D eigenvalue weighted by Crippen LogP contribution is -2.45. The zero-order valence-corrected chi connectivity index (χ0v) is 10.6. The highest BCUT2D eigenvalue weighted by Gasteiger charge is 2.31. The lowest BCUT2D eigenvalue weighted by molar-refractivity contribution is -0.125. The van der Waals surface area contributed by atoms with Crippen molar-refractivity contribution in [3.63, 3.8) is 0 Å². The molecule has 0 saturated carbocycles. The van der Waals surface area contributed by atoms with Gasteiger partial charge in [-0.2, -0.15) is 0 Å². The summed E-state index contributed by atoms with van der Waals surface area (Å²) in [5, 5.41) is 2.68. The fraction of sp³-hybridized carbons (Fsp3) is 0.769. The Bertz CT molecular complexity index is 321. The minimum Gasteiger partial charge on any atom is -0.350 e. The van der Waals surface area contributed by atoms with E-state index in [4.69, 9.17) is 15.9 Å². The van der Waals surface area contributed by atoms with Crippen molar-refractivity contribution in [2.45, 2.75) is 19.1 Å². The first kappa shape index (κ1) is 13.3. The summed E-state index contributed by atoms with van der Waals surface area (Å²) in [6, 6.07) is 0. The van der Waals surface area contributed by atoms with Gasteiger partial charge in [0.1, 0.15) is 0 Å². The number of piperidine rings is 1. The van der Waals surface area contributed by atoms with E-state index in [0.29, 0.717) is 32.2 Å². The molecule has 0 radical (unpaired) electrons. The Labute approximate surface area is 108 Å². The lowest BCUT2D eigenvalue weighted by Gasteiger charge is -2.34. The van der Waals surface area contributed by atoms with Crippen LogP contribution >= 0.6 is 0 Å². The Morgan fingerprint density at radius 3 is 2.94 bits per heavy atom. The normalized spacial score (nSPS) is 25.8. The predicted octanol–water partition coefficient (Wildman–Crippen LogP) is -0.179. The van der Waals surface area contributed by atoms with Gasteiger partial charge in [0, 0.05) is 12.5 Å². The van der Waals surface area contributed by atoms with Crippen LogP contribution in [-0.4, -0.2) is 56.5 Å². The summed E-state index contributed by atoms with van der Waals surface area (Å²) in [6.07, 6.45) is 7.21. The minimum absolute atomic E-state index is 0.0122. The third-order valence-corrected chi connectivity index (χ3v) is 3.33. The van der Waals surface area contributed by atoms with Crippen LogP contribution in [0.2, 0.25) is 0 Å². The van der Waals surface area contributed by atoms with E-state index in [1.165, 1.54) is 0 Å². The van der Waals surface area contributed by atoms with Crippen LogP contribution in [0.25, 0.3) is 0 Å². The molecule has 2 aliphatic heterocycles. The van der Waals surface area contributed by atoms with Crippen LogP contribution < -0.4 is 5.32 Å². The average molecular weight is 252 g/mol. The molecule has 5 nitrogen and oxygen atoms in total. The fourth-order valence-electron chi connectivity index (χ4n) is 2.51. The van der Waals surface area contributed by atoms with Crippen molar-refractivity contribution in [1.29, 1.82) is 0 Å². The van der Waals surface area contributed by atoms with Crippen LogP contribution in [0.4, 0.5) is 0 Å². The second kappa shape index (κ2) is 6.74. The SMILES string of the molecule is C#CCNC(=O)CN1CCCC(C2OCCO2)C1. The van der Waals surface area contributed by atoms with E-state index >= 15 is 0 Å². The van der Waals surface area contributed by atoms with Crippen LogP contribution in [-0.2, 0) is 14.3 Å². The van der Waals surface area contributed by atoms with E-state index in [2.05, 4.69) is 16.1 Å². The molecule has 0 aromatic carbocycles. The van der Waals surface area contributed by atoms with Gasteiger partial charge in [0.2, 0.25) is 5.91 Å². The standard InChI is InChI=1S/C13H20N2O3/c1-2-5-14-12(16)10-15-6-3-4-11(9-15)13-17-7-8-18-13/h1,11,13H,3-10H2,(H,14,16). The highest BCUT2D eigenvalue weighted by atomic mass is 16.7. The smallest absolute Gasteiger partial charge is 0.234 e. The Morgan fingerprint density at radius 1 is 1.44 bits per heavy atom. The Balaban J connectivity index is 1.76. The monoisotopic (exact) mass is 252 g/mol. The van der Waals surface area contributed by atoms with Gasteiger partial charge in [0.25, 0.3) is 0 Å². The predicted molar refractivity (Wildman–Crippen MR) is 66.7 cm³/mol. The van der Waals surface area contributed by atoms with Crippen molar-refractivity contribution >= 4 is 5.91 Å². The average Bonchev–Trinajstić information content (AvgIpc) is 2.90. The van der Waals surface area contributed by atoms with E-state index < -0.39 is 0 Å². The maximum absolute atomic E-state index is 11.6. The number of carbonyl (C=O) groups is 1. The van der Waals surface area contributed by atoms with Crippen molar-refractivity contribution in [2.24, 2.45) is 5.92 Å². The maximum Gasteiger partial charge on any atom is 0.234 e. The third-order valence-electron chi connectivity index (χ3n) is 3.33. The van der Waals surface area contributed by atoms with Gasteiger partial charge in [0.15, 0.2) is 6.29 Å². The first-order chi connectivity index (χ1) is 8.79. The van der Waals surface area contributed by atoms with Gasteiger partial charge in [-0.3, -0.25) is 9.69 Å². The minimum atomic E-state index is -0.0819. The number of terminal acetylenes is 1. The lowest BCUT2D eigenvalue weighted by atomic mass is 9.97. The van der Waals surface area contributed by atoms with Gasteiger partial charge < -0.3 is 14.8 Å². The molecule has 1 N–H and O–H groups in total. The Hall–Kier alpha value is -1.09. The van der Waals surface area contributed by atoms with Crippen molar-refractivity contribution in [3.05, 3.63) is 0 Å². The largest absolute Gasteiger partial charge is 0.350 e. The van der Waals surface area contributed by atoms with Gasteiger partial charge >= 0.3 is 0 Å². The highest BCUT2D eigenvalue weighted by molar-refractivity contribution is 5.78. The molecular weight excluding hydrogens is 232 g/mol. The van der Waals surface area contributed by atoms with Crippen LogP contribution in [0.15, 0.2) is 0 Å². The molecule has 1 atom stereocenters. The molecule has 5 heteroatoms. The molecular formula is C13H20N2O3. The molecule has 1 unspecified atom stereocenters. The molecule has 2 heterocycles. The summed E-state index contributed by atoms with van der Waals surface area (Å²) in [6.45, 7) is 3.88. The number of likely N-dealkylation sites (tertiary alicyclic amines) is 1. The van der Waals surface area contributed by atoms with Crippen LogP contribution in [0.3, 0.4) is 0 Å². The Morgan fingerprint density at radius 2 is 2.22 bits per heavy atom. The molecule has 2 aliphatic rings. The highest BCUT2D eigenvalue weighted by Crippen LogP contribution is 2.24. The van der Waals surface area contributed by atoms with Gasteiger partial charge in [-0.05, 0) is 19.4 Å². The van der Waals surface area contributed by atoms with E-state index in [0.717, 1.165) is 25.9 Å². The molecule has 0 aromatic heterocycles. The van der Waals surface area contributed by atoms with Gasteiger partial charge in [-0.15, -0.1) is 6.42 Å². The molecule has 0 aromatic rings. The van der Waals surface area contributed by atoms with Crippen molar-refractivity contribution < 1.29 is 14.3 Å². The number of hydrogen-bond acceptors (Lipinski definition) is 4. The fourth-order valence-corrected chi connectivity index (χ4v) is 2.51. The summed E-state index contributed by atoms with van der Waals surface area (Å²) in [5.41, 5.74) is 0. The number of nitrogens with zero attached hydrogens (tertiary/aromatic N) is 1. The van der Waals surface area contributed by atoms with Crippen LogP contribution in [0.5, 0.6) is 0 Å². The molecule has 1 amide bonds. The second-order valence-electron chi connectivity index (χ2n) is 4.73. The van der Waals surface area contributed by atoms with Crippen molar-refractivity contribution in [3.8, 4) is 12.3 Å². The first-order valence-corrected chi connectivity index (χ1v) is 6.45. The van der Waals surface area contributed by atoms with E-state index in [-0.39, 0.29) is 12.2 Å². The zero-order valence-electron chi connectivity index (χ0n) is 10.6. The van der Waals surface area contributed by atoms with E-state index in [1.807, 2.05) is 0 Å². The summed E-state index contributed by atoms with van der Waals surface area (Å²) in [7, 11) is 0. The third kappa shape index (κ3) is 3.70. The summed E-state index contributed by atoms with van der Waals surface area (Å²) in [4.78, 5) is 13.7. The quantitative estimate of drug-likeness (QED) is 0.705. The molecule has 0 aliphatic carbocycles. The zero-order chi connectivity index (χ0) is 12.8. The Kier molecular flexibility index (Phi) is 5.00. The molecule has 2 rings (SSSR count). The molecule has 2 fully saturated rings. The van der Waals surface area contributed by atoms with Crippen LogP contribution in [0, 0.1) is 18.3 Å². The molecule has 100 valence electrons. The summed E-state index contributed by atoms with van der Waals surface area (Å²) in [5.74, 6) is 2.76. The topological polar surface area (TPSA) is 50.8 Å².